The lowest BCUT2D eigenvalue weighted by atomic mass is 9.90. The molecule has 0 bridgehead atoms. The van der Waals surface area contributed by atoms with Crippen LogP contribution in [0, 0.1) is 11.2 Å². The molecule has 0 amide bonds. The second kappa shape index (κ2) is 6.72. The van der Waals surface area contributed by atoms with Gasteiger partial charge in [-0.1, -0.05) is 26.0 Å². The summed E-state index contributed by atoms with van der Waals surface area (Å²) in [5.41, 5.74) is 6.90. The molecule has 17 heavy (non-hydrogen) atoms. The van der Waals surface area contributed by atoms with E-state index in [0.717, 1.165) is 31.5 Å². The van der Waals surface area contributed by atoms with Gasteiger partial charge in [0.2, 0.25) is 0 Å². The van der Waals surface area contributed by atoms with E-state index in [1.54, 1.807) is 12.1 Å². The molecule has 2 nitrogen and oxygen atoms in total. The zero-order valence-corrected chi connectivity index (χ0v) is 10.8. The van der Waals surface area contributed by atoms with Crippen molar-refractivity contribution in [2.75, 3.05) is 19.6 Å². The Kier molecular flexibility index (Phi) is 5.59. The molecular weight excluding hydrogens is 215 g/mol. The second-order valence-electron chi connectivity index (χ2n) is 5.25. The third kappa shape index (κ3) is 5.80. The molecule has 0 aliphatic carbocycles. The van der Waals surface area contributed by atoms with Crippen molar-refractivity contribution in [3.63, 3.8) is 0 Å². The van der Waals surface area contributed by atoms with E-state index >= 15 is 0 Å². The number of hydrogen-bond donors (Lipinski definition) is 2. The smallest absolute Gasteiger partial charge is 0.123 e. The van der Waals surface area contributed by atoms with Gasteiger partial charge in [-0.2, -0.15) is 0 Å². The molecule has 3 heteroatoms. The Labute approximate surface area is 103 Å². The molecule has 0 saturated carbocycles. The fourth-order valence-electron chi connectivity index (χ4n) is 1.58. The van der Waals surface area contributed by atoms with E-state index < -0.39 is 0 Å². The SMILES string of the molecule is CC(C)(CN)CCNCCc1cccc(F)c1. The van der Waals surface area contributed by atoms with Crippen LogP contribution in [-0.2, 0) is 6.42 Å². The molecule has 0 aliphatic heterocycles. The van der Waals surface area contributed by atoms with Crippen LogP contribution in [0.15, 0.2) is 24.3 Å². The lowest BCUT2D eigenvalue weighted by molar-refractivity contribution is 0.340. The molecule has 96 valence electrons. The van der Waals surface area contributed by atoms with E-state index in [0.29, 0.717) is 6.54 Å². The van der Waals surface area contributed by atoms with Gasteiger partial charge in [-0.25, -0.2) is 4.39 Å². The summed E-state index contributed by atoms with van der Waals surface area (Å²) in [6, 6.07) is 6.77. The van der Waals surface area contributed by atoms with Crippen LogP contribution in [0.1, 0.15) is 25.8 Å². The maximum Gasteiger partial charge on any atom is 0.123 e. The third-order valence-corrected chi connectivity index (χ3v) is 3.01. The van der Waals surface area contributed by atoms with E-state index in [2.05, 4.69) is 19.2 Å². The summed E-state index contributed by atoms with van der Waals surface area (Å²) < 4.78 is 12.9. The van der Waals surface area contributed by atoms with E-state index in [-0.39, 0.29) is 11.2 Å². The minimum absolute atomic E-state index is 0.160. The van der Waals surface area contributed by atoms with Gasteiger partial charge in [0.25, 0.3) is 0 Å². The molecule has 0 spiro atoms. The minimum atomic E-state index is -0.160. The van der Waals surface area contributed by atoms with Gasteiger partial charge in [0, 0.05) is 0 Å². The molecule has 1 rings (SSSR count). The van der Waals surface area contributed by atoms with Crippen molar-refractivity contribution in [1.82, 2.24) is 5.32 Å². The standard InChI is InChI=1S/C14H23FN2/c1-14(2,11-16)7-9-17-8-6-12-4-3-5-13(15)10-12/h3-5,10,17H,6-9,11,16H2,1-2H3. The Bertz CT molecular complexity index is 337. The summed E-state index contributed by atoms with van der Waals surface area (Å²) >= 11 is 0. The summed E-state index contributed by atoms with van der Waals surface area (Å²) in [4.78, 5) is 0. The van der Waals surface area contributed by atoms with Gasteiger partial charge in [0.1, 0.15) is 5.82 Å². The molecule has 1 aromatic carbocycles. The molecule has 1 aromatic rings. The van der Waals surface area contributed by atoms with Crippen molar-refractivity contribution in [1.29, 1.82) is 0 Å². The summed E-state index contributed by atoms with van der Waals surface area (Å²) in [6.45, 7) is 6.88. The second-order valence-corrected chi connectivity index (χ2v) is 5.25. The zero-order valence-electron chi connectivity index (χ0n) is 10.8. The molecule has 0 fully saturated rings. The van der Waals surface area contributed by atoms with Crippen LogP contribution in [0.3, 0.4) is 0 Å². The molecule has 0 saturated heterocycles. The Morgan fingerprint density at radius 2 is 2.06 bits per heavy atom. The lowest BCUT2D eigenvalue weighted by Crippen LogP contribution is -2.29. The highest BCUT2D eigenvalue weighted by molar-refractivity contribution is 5.16. The zero-order chi connectivity index (χ0) is 12.7. The van der Waals surface area contributed by atoms with Crippen LogP contribution in [0.25, 0.3) is 0 Å². The van der Waals surface area contributed by atoms with Gasteiger partial charge in [0.05, 0.1) is 0 Å². The van der Waals surface area contributed by atoms with Crippen LogP contribution in [0.2, 0.25) is 0 Å². The van der Waals surface area contributed by atoms with Gasteiger partial charge in [0.15, 0.2) is 0 Å². The fourth-order valence-corrected chi connectivity index (χ4v) is 1.58. The van der Waals surface area contributed by atoms with Crippen LogP contribution in [-0.4, -0.2) is 19.6 Å². The molecule has 0 aliphatic rings. The van der Waals surface area contributed by atoms with Gasteiger partial charge in [-0.15, -0.1) is 0 Å². The third-order valence-electron chi connectivity index (χ3n) is 3.01. The number of nitrogens with one attached hydrogen (secondary N) is 1. The Morgan fingerprint density at radius 3 is 2.71 bits per heavy atom. The maximum absolute atomic E-state index is 12.9. The highest BCUT2D eigenvalue weighted by Crippen LogP contribution is 2.16. The van der Waals surface area contributed by atoms with Gasteiger partial charge in [-0.05, 0) is 55.6 Å². The maximum atomic E-state index is 12.9. The molecule has 0 unspecified atom stereocenters. The Morgan fingerprint density at radius 1 is 1.29 bits per heavy atom. The molecule has 0 heterocycles. The Balaban J connectivity index is 2.17. The van der Waals surface area contributed by atoms with E-state index in [9.17, 15) is 4.39 Å². The van der Waals surface area contributed by atoms with Gasteiger partial charge in [-0.3, -0.25) is 0 Å². The molecular formula is C14H23FN2. The van der Waals surface area contributed by atoms with Crippen LogP contribution >= 0.6 is 0 Å². The molecule has 3 N–H and O–H groups in total. The van der Waals surface area contributed by atoms with Crippen molar-refractivity contribution in [3.8, 4) is 0 Å². The summed E-state index contributed by atoms with van der Waals surface area (Å²) in [5.74, 6) is -0.160. The number of rotatable bonds is 7. The predicted octanol–water partition coefficient (Wildman–Crippen LogP) is 2.33. The fraction of sp³-hybridized carbons (Fsp3) is 0.571. The topological polar surface area (TPSA) is 38.0 Å². The monoisotopic (exact) mass is 238 g/mol. The first-order valence-electron chi connectivity index (χ1n) is 6.19. The van der Waals surface area contributed by atoms with Crippen LogP contribution in [0.4, 0.5) is 4.39 Å². The first kappa shape index (κ1) is 14.1. The molecule has 0 radical (unpaired) electrons. The quantitative estimate of drug-likeness (QED) is 0.716. The largest absolute Gasteiger partial charge is 0.330 e. The van der Waals surface area contributed by atoms with E-state index in [1.807, 2.05) is 6.07 Å². The number of nitrogens with two attached hydrogens (primary N) is 1. The summed E-state index contributed by atoms with van der Waals surface area (Å²) in [5, 5.41) is 3.37. The average Bonchev–Trinajstić information content (AvgIpc) is 2.29. The Hall–Kier alpha value is -0.930. The highest BCUT2D eigenvalue weighted by Gasteiger charge is 2.13. The van der Waals surface area contributed by atoms with Crippen molar-refractivity contribution in [2.45, 2.75) is 26.7 Å². The number of benzene rings is 1. The lowest BCUT2D eigenvalue weighted by Gasteiger charge is -2.22. The van der Waals surface area contributed by atoms with Crippen LogP contribution < -0.4 is 11.1 Å². The van der Waals surface area contributed by atoms with E-state index in [1.165, 1.54) is 6.07 Å². The number of halogens is 1. The molecule has 0 atom stereocenters. The highest BCUT2D eigenvalue weighted by atomic mass is 19.1. The average molecular weight is 238 g/mol. The van der Waals surface area contributed by atoms with Crippen molar-refractivity contribution >= 4 is 0 Å². The minimum Gasteiger partial charge on any atom is -0.330 e. The normalized spacial score (nSPS) is 11.8. The summed E-state index contributed by atoms with van der Waals surface area (Å²) in [7, 11) is 0. The molecule has 0 aromatic heterocycles. The van der Waals surface area contributed by atoms with Crippen molar-refractivity contribution < 1.29 is 4.39 Å². The van der Waals surface area contributed by atoms with Crippen LogP contribution in [0.5, 0.6) is 0 Å². The van der Waals surface area contributed by atoms with Crippen molar-refractivity contribution in [3.05, 3.63) is 35.6 Å². The summed E-state index contributed by atoms with van der Waals surface area (Å²) in [6.07, 6.45) is 1.92. The van der Waals surface area contributed by atoms with E-state index in [4.69, 9.17) is 5.73 Å². The first-order chi connectivity index (χ1) is 8.03. The van der Waals surface area contributed by atoms with Gasteiger partial charge < -0.3 is 11.1 Å². The number of hydrogen-bond acceptors (Lipinski definition) is 2. The predicted molar refractivity (Wildman–Crippen MR) is 70.4 cm³/mol. The van der Waals surface area contributed by atoms with Crippen molar-refractivity contribution in [2.24, 2.45) is 11.1 Å². The first-order valence-corrected chi connectivity index (χ1v) is 6.19. The van der Waals surface area contributed by atoms with Gasteiger partial charge >= 0.3 is 0 Å².